The summed E-state index contributed by atoms with van der Waals surface area (Å²) in [6, 6.07) is 3.50. The molecule has 0 unspecified atom stereocenters. The maximum absolute atomic E-state index is 12.2. The molecule has 7 heteroatoms. The maximum atomic E-state index is 12.2. The van der Waals surface area contributed by atoms with Gasteiger partial charge in [-0.3, -0.25) is 4.72 Å². The van der Waals surface area contributed by atoms with Gasteiger partial charge in [0.15, 0.2) is 0 Å². The van der Waals surface area contributed by atoms with Gasteiger partial charge >= 0.3 is 10.2 Å². The highest BCUT2D eigenvalue weighted by molar-refractivity contribution is 14.1. The average molecular weight is 381 g/mol. The summed E-state index contributed by atoms with van der Waals surface area (Å²) in [5.41, 5.74) is 0. The molecule has 2 heterocycles. The Balaban J connectivity index is 2.08. The molecule has 0 spiro atoms. The van der Waals surface area contributed by atoms with E-state index in [4.69, 9.17) is 0 Å². The van der Waals surface area contributed by atoms with Gasteiger partial charge in [-0.1, -0.05) is 12.8 Å². The summed E-state index contributed by atoms with van der Waals surface area (Å²) in [6.07, 6.45) is 5.71. The first kappa shape index (κ1) is 14.0. The fourth-order valence-electron chi connectivity index (χ4n) is 1.91. The Bertz CT molecular complexity index is 482. The quantitative estimate of drug-likeness (QED) is 0.817. The molecule has 1 aliphatic heterocycles. The highest BCUT2D eigenvalue weighted by Crippen LogP contribution is 2.15. The molecule has 1 N–H and O–H groups in total. The van der Waals surface area contributed by atoms with Gasteiger partial charge in [0.05, 0.1) is 0 Å². The van der Waals surface area contributed by atoms with Crippen LogP contribution in [-0.4, -0.2) is 30.8 Å². The van der Waals surface area contributed by atoms with Gasteiger partial charge in [-0.2, -0.15) is 12.7 Å². The van der Waals surface area contributed by atoms with Crippen molar-refractivity contribution in [2.45, 2.75) is 25.7 Å². The molecule has 0 atom stereocenters. The third-order valence-corrected chi connectivity index (χ3v) is 5.02. The lowest BCUT2D eigenvalue weighted by Crippen LogP contribution is -2.36. The number of hydrogen-bond acceptors (Lipinski definition) is 3. The van der Waals surface area contributed by atoms with Crippen molar-refractivity contribution in [3.63, 3.8) is 0 Å². The van der Waals surface area contributed by atoms with Crippen molar-refractivity contribution in [1.82, 2.24) is 9.29 Å². The largest absolute Gasteiger partial charge is 0.302 e. The number of hydrogen-bond donors (Lipinski definition) is 1. The molecule has 0 amide bonds. The Morgan fingerprint density at radius 1 is 1.17 bits per heavy atom. The van der Waals surface area contributed by atoms with Gasteiger partial charge in [0.2, 0.25) is 0 Å². The Morgan fingerprint density at radius 3 is 2.39 bits per heavy atom. The highest BCUT2D eigenvalue weighted by atomic mass is 127. The number of rotatable bonds is 3. The molecule has 100 valence electrons. The first-order chi connectivity index (χ1) is 8.58. The maximum Gasteiger partial charge on any atom is 0.302 e. The SMILES string of the molecule is O=S(=O)(Nc1ccc(I)cn1)N1CCCCCC1. The molecule has 18 heavy (non-hydrogen) atoms. The van der Waals surface area contributed by atoms with Gasteiger partial charge < -0.3 is 0 Å². The predicted molar refractivity (Wildman–Crippen MR) is 79.5 cm³/mol. The standard InChI is InChI=1S/C11H16IN3O2S/c12-10-5-6-11(13-9-10)14-18(16,17)15-7-3-1-2-4-8-15/h5-6,9H,1-4,7-8H2,(H,13,14). The van der Waals surface area contributed by atoms with Crippen LogP contribution in [0.3, 0.4) is 0 Å². The summed E-state index contributed by atoms with van der Waals surface area (Å²) in [7, 11) is -3.45. The second-order valence-corrected chi connectivity index (χ2v) is 7.20. The normalized spacial score (nSPS) is 18.3. The third kappa shape index (κ3) is 3.79. The molecule has 0 aliphatic carbocycles. The van der Waals surface area contributed by atoms with E-state index >= 15 is 0 Å². The molecule has 0 saturated carbocycles. The van der Waals surface area contributed by atoms with Crippen molar-refractivity contribution < 1.29 is 8.42 Å². The van der Waals surface area contributed by atoms with Gasteiger partial charge in [-0.05, 0) is 47.6 Å². The third-order valence-electron chi connectivity index (χ3n) is 2.87. The van der Waals surface area contributed by atoms with Crippen LogP contribution in [0.5, 0.6) is 0 Å². The first-order valence-corrected chi connectivity index (χ1v) is 8.49. The van der Waals surface area contributed by atoms with Crippen LogP contribution in [0.2, 0.25) is 0 Å². The lowest BCUT2D eigenvalue weighted by Gasteiger charge is -2.20. The predicted octanol–water partition coefficient (Wildman–Crippen LogP) is 2.22. The minimum Gasteiger partial charge on any atom is -0.254 e. The summed E-state index contributed by atoms with van der Waals surface area (Å²) in [4.78, 5) is 4.06. The Hall–Kier alpha value is -0.410. The number of aromatic nitrogens is 1. The van der Waals surface area contributed by atoms with Crippen molar-refractivity contribution in [2.75, 3.05) is 17.8 Å². The van der Waals surface area contributed by atoms with Gasteiger partial charge in [0.25, 0.3) is 0 Å². The van der Waals surface area contributed by atoms with Crippen molar-refractivity contribution in [3.8, 4) is 0 Å². The molecular formula is C11H16IN3O2S. The minimum atomic E-state index is -3.45. The smallest absolute Gasteiger partial charge is 0.254 e. The van der Waals surface area contributed by atoms with Crippen LogP contribution in [0.15, 0.2) is 18.3 Å². The van der Waals surface area contributed by atoms with Gasteiger partial charge in [-0.15, -0.1) is 0 Å². The number of nitrogens with one attached hydrogen (secondary N) is 1. The number of nitrogens with zero attached hydrogens (tertiary/aromatic N) is 2. The van der Waals surface area contributed by atoms with Crippen LogP contribution in [0.25, 0.3) is 0 Å². The number of pyridine rings is 1. The summed E-state index contributed by atoms with van der Waals surface area (Å²) >= 11 is 2.13. The van der Waals surface area contributed by atoms with Crippen molar-refractivity contribution >= 4 is 38.6 Å². The number of halogens is 1. The molecule has 1 aromatic heterocycles. The van der Waals surface area contributed by atoms with E-state index in [-0.39, 0.29) is 0 Å². The first-order valence-electron chi connectivity index (χ1n) is 5.97. The second kappa shape index (κ2) is 6.16. The van der Waals surface area contributed by atoms with E-state index in [2.05, 4.69) is 32.3 Å². The number of anilines is 1. The van der Waals surface area contributed by atoms with E-state index in [0.717, 1.165) is 29.3 Å². The Kier molecular flexibility index (Phi) is 4.79. The fraction of sp³-hybridized carbons (Fsp3) is 0.545. The molecule has 1 aromatic rings. The minimum absolute atomic E-state index is 0.375. The lowest BCUT2D eigenvalue weighted by molar-refractivity contribution is 0.427. The molecule has 1 aliphatic rings. The van der Waals surface area contributed by atoms with Gasteiger partial charge in [0, 0.05) is 22.9 Å². The zero-order valence-electron chi connectivity index (χ0n) is 9.97. The molecule has 2 rings (SSSR count). The second-order valence-electron chi connectivity index (χ2n) is 4.28. The van der Waals surface area contributed by atoms with Crippen molar-refractivity contribution in [3.05, 3.63) is 21.9 Å². The van der Waals surface area contributed by atoms with E-state index in [9.17, 15) is 8.42 Å². The molecule has 0 radical (unpaired) electrons. The van der Waals surface area contributed by atoms with Crippen LogP contribution in [0, 0.1) is 3.57 Å². The molecule has 0 bridgehead atoms. The Morgan fingerprint density at radius 2 is 1.83 bits per heavy atom. The van der Waals surface area contributed by atoms with Crippen molar-refractivity contribution in [1.29, 1.82) is 0 Å². The van der Waals surface area contributed by atoms with E-state index in [1.165, 1.54) is 4.31 Å². The summed E-state index contributed by atoms with van der Waals surface area (Å²) in [5.74, 6) is 0.375. The molecule has 1 fully saturated rings. The van der Waals surface area contributed by atoms with Crippen LogP contribution < -0.4 is 4.72 Å². The van der Waals surface area contributed by atoms with E-state index in [1.807, 2.05) is 6.07 Å². The molecule has 5 nitrogen and oxygen atoms in total. The fourth-order valence-corrected chi connectivity index (χ4v) is 3.49. The molecule has 0 aromatic carbocycles. The molecular weight excluding hydrogens is 365 g/mol. The van der Waals surface area contributed by atoms with E-state index in [1.54, 1.807) is 12.3 Å². The van der Waals surface area contributed by atoms with Crippen LogP contribution in [-0.2, 0) is 10.2 Å². The lowest BCUT2D eigenvalue weighted by atomic mass is 10.2. The van der Waals surface area contributed by atoms with Crippen LogP contribution in [0.1, 0.15) is 25.7 Å². The molecule has 1 saturated heterocycles. The van der Waals surface area contributed by atoms with Crippen molar-refractivity contribution in [2.24, 2.45) is 0 Å². The van der Waals surface area contributed by atoms with Gasteiger partial charge in [0.1, 0.15) is 5.82 Å². The summed E-state index contributed by atoms with van der Waals surface area (Å²) in [6.45, 7) is 1.19. The van der Waals surface area contributed by atoms with Crippen LogP contribution in [0.4, 0.5) is 5.82 Å². The summed E-state index contributed by atoms with van der Waals surface area (Å²) in [5, 5.41) is 0. The van der Waals surface area contributed by atoms with E-state index < -0.39 is 10.2 Å². The average Bonchev–Trinajstić information content (AvgIpc) is 2.61. The van der Waals surface area contributed by atoms with E-state index in [0.29, 0.717) is 18.9 Å². The zero-order valence-corrected chi connectivity index (χ0v) is 12.9. The highest BCUT2D eigenvalue weighted by Gasteiger charge is 2.22. The summed E-state index contributed by atoms with van der Waals surface area (Å²) < 4.78 is 29.3. The van der Waals surface area contributed by atoms with Gasteiger partial charge in [-0.25, -0.2) is 4.98 Å². The topological polar surface area (TPSA) is 62.3 Å². The zero-order chi connectivity index (χ0) is 13.0. The monoisotopic (exact) mass is 381 g/mol. The van der Waals surface area contributed by atoms with Crippen LogP contribution >= 0.6 is 22.6 Å². The Labute approximate surface area is 121 Å².